The summed E-state index contributed by atoms with van der Waals surface area (Å²) in [5, 5.41) is 9.38. The fraction of sp³-hybridized carbons (Fsp3) is 0.269. The Bertz CT molecular complexity index is 1230. The Morgan fingerprint density at radius 1 is 1.10 bits per heavy atom. The first-order valence-electron chi connectivity index (χ1n) is 10.7. The molecule has 2 aliphatic rings. The van der Waals surface area contributed by atoms with Crippen LogP contribution < -0.4 is 5.32 Å². The molecule has 3 unspecified atom stereocenters. The van der Waals surface area contributed by atoms with Gasteiger partial charge >= 0.3 is 0 Å². The first-order chi connectivity index (χ1) is 14.7. The van der Waals surface area contributed by atoms with E-state index in [2.05, 4.69) is 59.8 Å². The fourth-order valence-electron chi connectivity index (χ4n) is 5.78. The minimum atomic E-state index is -0.231. The Hall–Kier alpha value is -2.98. The SMILES string of the molecule is Cc1cc2c(cnn2-c2ccc(F)cc2)cc1C12CNCC1C2Cc1ccccc1. The highest BCUT2D eigenvalue weighted by molar-refractivity contribution is 5.83. The van der Waals surface area contributed by atoms with Crippen LogP contribution in [0.15, 0.2) is 72.9 Å². The van der Waals surface area contributed by atoms with Gasteiger partial charge in [0.1, 0.15) is 5.82 Å². The highest BCUT2D eigenvalue weighted by Crippen LogP contribution is 2.63. The standard InChI is InChI=1S/C26H24FN3/c1-17-11-25-19(14-29-30(25)21-9-7-20(27)8-10-21)13-22(17)26-16-28-15-24(26)23(26)12-18-5-3-2-4-6-18/h2-11,13-14,23-24,28H,12,15-16H2,1H3. The molecule has 1 aliphatic heterocycles. The summed E-state index contributed by atoms with van der Waals surface area (Å²) < 4.78 is 15.2. The third-order valence-electron chi connectivity index (χ3n) is 7.27. The molecule has 0 spiro atoms. The zero-order valence-corrected chi connectivity index (χ0v) is 17.0. The number of aromatic nitrogens is 2. The number of fused-ring (bicyclic) bond motifs is 2. The number of piperidine rings is 1. The number of aryl methyl sites for hydroxylation is 1. The Morgan fingerprint density at radius 3 is 2.70 bits per heavy atom. The third-order valence-corrected chi connectivity index (χ3v) is 7.27. The van der Waals surface area contributed by atoms with E-state index in [9.17, 15) is 4.39 Å². The van der Waals surface area contributed by atoms with Crippen LogP contribution in [0.4, 0.5) is 4.39 Å². The molecule has 1 N–H and O–H groups in total. The smallest absolute Gasteiger partial charge is 0.123 e. The summed E-state index contributed by atoms with van der Waals surface area (Å²) in [7, 11) is 0. The molecule has 4 aromatic rings. The van der Waals surface area contributed by atoms with Gasteiger partial charge in [0.05, 0.1) is 17.4 Å². The van der Waals surface area contributed by atoms with E-state index in [4.69, 9.17) is 0 Å². The second-order valence-electron chi connectivity index (χ2n) is 8.83. The second-order valence-corrected chi connectivity index (χ2v) is 8.83. The highest BCUT2D eigenvalue weighted by Gasteiger charge is 2.67. The van der Waals surface area contributed by atoms with E-state index >= 15 is 0 Å². The van der Waals surface area contributed by atoms with Crippen molar-refractivity contribution in [1.82, 2.24) is 15.1 Å². The van der Waals surface area contributed by atoms with Crippen LogP contribution in [0.3, 0.4) is 0 Å². The molecule has 3 nitrogen and oxygen atoms in total. The average Bonchev–Trinajstić information content (AvgIpc) is 3.09. The Labute approximate surface area is 175 Å². The van der Waals surface area contributed by atoms with Crippen molar-refractivity contribution in [1.29, 1.82) is 0 Å². The normalized spacial score (nSPS) is 24.9. The van der Waals surface area contributed by atoms with E-state index in [0.717, 1.165) is 36.1 Å². The number of halogens is 1. The number of nitrogens with one attached hydrogen (secondary N) is 1. The van der Waals surface area contributed by atoms with Crippen molar-refractivity contribution in [3.8, 4) is 5.69 Å². The van der Waals surface area contributed by atoms with Crippen molar-refractivity contribution in [3.05, 3.63) is 95.4 Å². The van der Waals surface area contributed by atoms with Crippen LogP contribution in [0, 0.1) is 24.6 Å². The predicted molar refractivity (Wildman–Crippen MR) is 117 cm³/mol. The van der Waals surface area contributed by atoms with E-state index in [1.807, 2.05) is 10.9 Å². The molecule has 0 radical (unpaired) electrons. The van der Waals surface area contributed by atoms with Crippen LogP contribution in [0.5, 0.6) is 0 Å². The van der Waals surface area contributed by atoms with E-state index in [1.54, 1.807) is 12.1 Å². The Morgan fingerprint density at radius 2 is 1.90 bits per heavy atom. The maximum atomic E-state index is 13.3. The summed E-state index contributed by atoms with van der Waals surface area (Å²) in [6.45, 7) is 4.37. The first kappa shape index (κ1) is 17.8. The van der Waals surface area contributed by atoms with Crippen molar-refractivity contribution in [3.63, 3.8) is 0 Å². The lowest BCUT2D eigenvalue weighted by Gasteiger charge is -2.19. The van der Waals surface area contributed by atoms with Crippen LogP contribution in [0.2, 0.25) is 0 Å². The molecule has 30 heavy (non-hydrogen) atoms. The topological polar surface area (TPSA) is 29.9 Å². The van der Waals surface area contributed by atoms with E-state index in [0.29, 0.717) is 11.8 Å². The monoisotopic (exact) mass is 397 g/mol. The predicted octanol–water partition coefficient (Wildman–Crippen LogP) is 4.80. The number of nitrogens with zero attached hydrogens (tertiary/aromatic N) is 2. The van der Waals surface area contributed by atoms with Crippen molar-refractivity contribution < 1.29 is 4.39 Å². The van der Waals surface area contributed by atoms with Gasteiger partial charge in [-0.15, -0.1) is 0 Å². The molecular formula is C26H24FN3. The summed E-state index contributed by atoms with van der Waals surface area (Å²) in [5.74, 6) is 1.15. The van der Waals surface area contributed by atoms with Crippen molar-refractivity contribution in [2.24, 2.45) is 11.8 Å². The Balaban J connectivity index is 1.40. The minimum absolute atomic E-state index is 0.228. The fourth-order valence-corrected chi connectivity index (χ4v) is 5.78. The lowest BCUT2D eigenvalue weighted by Crippen LogP contribution is -2.25. The molecule has 1 saturated carbocycles. The van der Waals surface area contributed by atoms with Gasteiger partial charge in [-0.3, -0.25) is 0 Å². The molecular weight excluding hydrogens is 373 g/mol. The molecule has 6 rings (SSSR count). The van der Waals surface area contributed by atoms with Crippen molar-refractivity contribution >= 4 is 10.9 Å². The number of hydrogen-bond acceptors (Lipinski definition) is 2. The maximum Gasteiger partial charge on any atom is 0.123 e. The molecule has 3 aromatic carbocycles. The van der Waals surface area contributed by atoms with E-state index in [1.165, 1.54) is 28.8 Å². The van der Waals surface area contributed by atoms with Gasteiger partial charge < -0.3 is 5.32 Å². The summed E-state index contributed by atoms with van der Waals surface area (Å²) in [6.07, 6.45) is 3.07. The molecule has 1 aliphatic carbocycles. The van der Waals surface area contributed by atoms with Gasteiger partial charge in [-0.1, -0.05) is 30.3 Å². The molecule has 4 heteroatoms. The van der Waals surface area contributed by atoms with E-state index < -0.39 is 0 Å². The van der Waals surface area contributed by atoms with Crippen molar-refractivity contribution in [2.45, 2.75) is 18.8 Å². The lowest BCUT2D eigenvalue weighted by atomic mass is 9.87. The molecule has 0 amide bonds. The first-order valence-corrected chi connectivity index (χ1v) is 10.7. The quantitative estimate of drug-likeness (QED) is 0.536. The highest BCUT2D eigenvalue weighted by atomic mass is 19.1. The van der Waals surface area contributed by atoms with Gasteiger partial charge in [-0.05, 0) is 84.8 Å². The van der Waals surface area contributed by atoms with Gasteiger partial charge in [0.2, 0.25) is 0 Å². The largest absolute Gasteiger partial charge is 0.316 e. The van der Waals surface area contributed by atoms with Gasteiger partial charge in [-0.2, -0.15) is 5.10 Å². The molecule has 2 heterocycles. The molecule has 3 atom stereocenters. The summed E-state index contributed by atoms with van der Waals surface area (Å²) in [6, 6.07) is 22.0. The third kappa shape index (κ3) is 2.56. The Kier molecular flexibility index (Phi) is 3.87. The second kappa shape index (κ2) is 6.51. The average molecular weight is 397 g/mol. The van der Waals surface area contributed by atoms with Crippen LogP contribution in [0.25, 0.3) is 16.6 Å². The summed E-state index contributed by atoms with van der Waals surface area (Å²) in [4.78, 5) is 0. The van der Waals surface area contributed by atoms with Gasteiger partial charge in [-0.25, -0.2) is 9.07 Å². The number of rotatable bonds is 4. The zero-order valence-electron chi connectivity index (χ0n) is 17.0. The number of hydrogen-bond donors (Lipinski definition) is 1. The van der Waals surface area contributed by atoms with E-state index in [-0.39, 0.29) is 11.2 Å². The van der Waals surface area contributed by atoms with Gasteiger partial charge in [0.25, 0.3) is 0 Å². The van der Waals surface area contributed by atoms with Crippen LogP contribution in [0.1, 0.15) is 16.7 Å². The van der Waals surface area contributed by atoms with Crippen molar-refractivity contribution in [2.75, 3.05) is 13.1 Å². The molecule has 150 valence electrons. The van der Waals surface area contributed by atoms with Gasteiger partial charge in [0.15, 0.2) is 0 Å². The molecule has 1 saturated heterocycles. The van der Waals surface area contributed by atoms with Crippen LogP contribution >= 0.6 is 0 Å². The molecule has 2 fully saturated rings. The minimum Gasteiger partial charge on any atom is -0.316 e. The summed E-state index contributed by atoms with van der Waals surface area (Å²) >= 11 is 0. The van der Waals surface area contributed by atoms with Crippen LogP contribution in [-0.2, 0) is 11.8 Å². The van der Waals surface area contributed by atoms with Crippen LogP contribution in [-0.4, -0.2) is 22.9 Å². The molecule has 0 bridgehead atoms. The number of benzene rings is 3. The maximum absolute atomic E-state index is 13.3. The zero-order chi connectivity index (χ0) is 20.3. The van der Waals surface area contributed by atoms with Gasteiger partial charge in [0, 0.05) is 17.3 Å². The molecule has 1 aromatic heterocycles. The summed E-state index contributed by atoms with van der Waals surface area (Å²) in [5.41, 5.74) is 6.39. The lowest BCUT2D eigenvalue weighted by molar-refractivity contribution is 0.555.